The highest BCUT2D eigenvalue weighted by atomic mass is 16.5. The molecule has 1 unspecified atom stereocenters. The molecule has 2 N–H and O–H groups in total. The summed E-state index contributed by atoms with van der Waals surface area (Å²) in [7, 11) is 5.28. The van der Waals surface area contributed by atoms with E-state index in [4.69, 9.17) is 15.2 Å². The van der Waals surface area contributed by atoms with E-state index < -0.39 is 0 Å². The van der Waals surface area contributed by atoms with Crippen molar-refractivity contribution in [2.24, 2.45) is 12.8 Å². The van der Waals surface area contributed by atoms with E-state index in [-0.39, 0.29) is 5.92 Å². The van der Waals surface area contributed by atoms with E-state index in [9.17, 15) is 0 Å². The van der Waals surface area contributed by atoms with Crippen LogP contribution in [0, 0.1) is 0 Å². The van der Waals surface area contributed by atoms with Gasteiger partial charge in [-0.2, -0.15) is 0 Å². The molecule has 1 heterocycles. The second-order valence-electron chi connectivity index (χ2n) is 4.51. The lowest BCUT2D eigenvalue weighted by Crippen LogP contribution is -2.13. The van der Waals surface area contributed by atoms with Crippen LogP contribution in [0.4, 0.5) is 0 Å². The van der Waals surface area contributed by atoms with Crippen LogP contribution in [-0.4, -0.2) is 25.3 Å². The Hall–Kier alpha value is -1.94. The van der Waals surface area contributed by atoms with Crippen molar-refractivity contribution in [3.63, 3.8) is 0 Å². The summed E-state index contributed by atoms with van der Waals surface area (Å²) in [6.07, 6.45) is 4.12. The van der Waals surface area contributed by atoms with Crippen LogP contribution in [0.15, 0.2) is 36.7 Å². The van der Waals surface area contributed by atoms with Gasteiger partial charge in [-0.15, -0.1) is 0 Å². The number of benzene rings is 1. The lowest BCUT2D eigenvalue weighted by molar-refractivity contribution is 0.354. The van der Waals surface area contributed by atoms with Crippen LogP contribution in [0.5, 0.6) is 11.5 Å². The molecule has 0 amide bonds. The number of ether oxygens (including phenoxy) is 2. The van der Waals surface area contributed by atoms with Crippen molar-refractivity contribution in [1.29, 1.82) is 0 Å². The summed E-state index contributed by atoms with van der Waals surface area (Å²) in [6.45, 7) is 0.555. The molecule has 2 aromatic rings. The molecule has 0 aliphatic heterocycles. The van der Waals surface area contributed by atoms with Gasteiger partial charge in [-0.25, -0.2) is 0 Å². The normalized spacial score (nSPS) is 12.2. The van der Waals surface area contributed by atoms with Crippen molar-refractivity contribution < 1.29 is 9.47 Å². The number of hydrogen-bond acceptors (Lipinski definition) is 3. The zero-order valence-corrected chi connectivity index (χ0v) is 11.6. The molecule has 0 bridgehead atoms. The Kier molecular flexibility index (Phi) is 4.12. The number of hydrogen-bond donors (Lipinski definition) is 1. The highest BCUT2D eigenvalue weighted by molar-refractivity contribution is 5.46. The van der Waals surface area contributed by atoms with Gasteiger partial charge < -0.3 is 19.8 Å². The monoisotopic (exact) mass is 260 g/mol. The first-order valence-corrected chi connectivity index (χ1v) is 6.23. The molecule has 0 saturated carbocycles. The van der Waals surface area contributed by atoms with Gasteiger partial charge in [0.1, 0.15) is 0 Å². The minimum absolute atomic E-state index is 0.168. The van der Waals surface area contributed by atoms with Crippen LogP contribution in [-0.2, 0) is 7.05 Å². The SMILES string of the molecule is COc1ccc(C(CN)c2ccn(C)c2)cc1OC. The summed E-state index contributed by atoms with van der Waals surface area (Å²) in [5.74, 6) is 1.63. The highest BCUT2D eigenvalue weighted by Gasteiger charge is 2.15. The van der Waals surface area contributed by atoms with Crippen molar-refractivity contribution in [2.45, 2.75) is 5.92 Å². The lowest BCUT2D eigenvalue weighted by Gasteiger charge is -2.16. The molecule has 2 rings (SSSR count). The lowest BCUT2D eigenvalue weighted by atomic mass is 9.93. The largest absolute Gasteiger partial charge is 0.493 e. The second kappa shape index (κ2) is 5.80. The first-order chi connectivity index (χ1) is 9.19. The van der Waals surface area contributed by atoms with Crippen LogP contribution in [0.2, 0.25) is 0 Å². The summed E-state index contributed by atoms with van der Waals surface area (Å²) in [6, 6.07) is 8.03. The Bertz CT molecular complexity index is 549. The van der Waals surface area contributed by atoms with Crippen molar-refractivity contribution in [2.75, 3.05) is 20.8 Å². The third-order valence-electron chi connectivity index (χ3n) is 3.30. The van der Waals surface area contributed by atoms with Crippen LogP contribution >= 0.6 is 0 Å². The van der Waals surface area contributed by atoms with Gasteiger partial charge >= 0.3 is 0 Å². The number of aromatic nitrogens is 1. The molecule has 0 fully saturated rings. The molecular weight excluding hydrogens is 240 g/mol. The second-order valence-corrected chi connectivity index (χ2v) is 4.51. The average Bonchev–Trinajstić information content (AvgIpc) is 2.86. The molecule has 1 atom stereocenters. The van der Waals surface area contributed by atoms with Crippen molar-refractivity contribution in [1.82, 2.24) is 4.57 Å². The fraction of sp³-hybridized carbons (Fsp3) is 0.333. The molecule has 1 aromatic heterocycles. The van der Waals surface area contributed by atoms with Crippen molar-refractivity contribution in [3.05, 3.63) is 47.8 Å². The Morgan fingerprint density at radius 1 is 1.11 bits per heavy atom. The minimum Gasteiger partial charge on any atom is -0.493 e. The van der Waals surface area contributed by atoms with Gasteiger partial charge in [0.05, 0.1) is 14.2 Å². The number of nitrogens with zero attached hydrogens (tertiary/aromatic N) is 1. The van der Waals surface area contributed by atoms with Gasteiger partial charge in [-0.1, -0.05) is 6.07 Å². The van der Waals surface area contributed by atoms with Gasteiger partial charge in [0.2, 0.25) is 0 Å². The maximum Gasteiger partial charge on any atom is 0.161 e. The van der Waals surface area contributed by atoms with E-state index in [1.807, 2.05) is 36.0 Å². The highest BCUT2D eigenvalue weighted by Crippen LogP contribution is 2.32. The third-order valence-corrected chi connectivity index (χ3v) is 3.30. The molecule has 4 heteroatoms. The van der Waals surface area contributed by atoms with Gasteiger partial charge in [0, 0.05) is 31.9 Å². The van der Waals surface area contributed by atoms with E-state index in [1.165, 1.54) is 5.56 Å². The average molecular weight is 260 g/mol. The molecule has 0 spiro atoms. The Labute approximate surface area is 113 Å². The van der Waals surface area contributed by atoms with E-state index in [2.05, 4.69) is 12.3 Å². The van der Waals surface area contributed by atoms with Gasteiger partial charge in [0.15, 0.2) is 11.5 Å². The Morgan fingerprint density at radius 2 is 1.84 bits per heavy atom. The van der Waals surface area contributed by atoms with Crippen molar-refractivity contribution >= 4 is 0 Å². The Balaban J connectivity index is 2.38. The predicted molar refractivity (Wildman–Crippen MR) is 75.9 cm³/mol. The Morgan fingerprint density at radius 3 is 2.37 bits per heavy atom. The molecule has 1 aromatic carbocycles. The van der Waals surface area contributed by atoms with Gasteiger partial charge in [-0.05, 0) is 29.3 Å². The zero-order chi connectivity index (χ0) is 13.8. The summed E-state index contributed by atoms with van der Waals surface area (Å²) < 4.78 is 12.6. The maximum atomic E-state index is 5.93. The predicted octanol–water partition coefficient (Wildman–Crippen LogP) is 2.13. The maximum absolute atomic E-state index is 5.93. The fourth-order valence-electron chi connectivity index (χ4n) is 2.27. The molecule has 0 saturated heterocycles. The third kappa shape index (κ3) is 2.74. The standard InChI is InChI=1S/C15H20N2O2/c1-17-7-6-12(10-17)13(9-16)11-4-5-14(18-2)15(8-11)19-3/h4-8,10,13H,9,16H2,1-3H3. The molecule has 0 aliphatic rings. The number of nitrogens with two attached hydrogens (primary N) is 1. The summed E-state index contributed by atoms with van der Waals surface area (Å²) in [5.41, 5.74) is 8.26. The molecule has 19 heavy (non-hydrogen) atoms. The number of rotatable bonds is 5. The first kappa shape index (κ1) is 13.5. The van der Waals surface area contributed by atoms with E-state index >= 15 is 0 Å². The van der Waals surface area contributed by atoms with Crippen LogP contribution in [0.25, 0.3) is 0 Å². The van der Waals surface area contributed by atoms with E-state index in [0.717, 1.165) is 17.1 Å². The zero-order valence-electron chi connectivity index (χ0n) is 11.6. The van der Waals surface area contributed by atoms with Crippen LogP contribution in [0.1, 0.15) is 17.0 Å². The molecule has 0 radical (unpaired) electrons. The fourth-order valence-corrected chi connectivity index (χ4v) is 2.27. The van der Waals surface area contributed by atoms with E-state index in [0.29, 0.717) is 6.54 Å². The molecule has 0 aliphatic carbocycles. The first-order valence-electron chi connectivity index (χ1n) is 6.23. The topological polar surface area (TPSA) is 49.4 Å². The smallest absolute Gasteiger partial charge is 0.161 e. The minimum atomic E-state index is 0.168. The van der Waals surface area contributed by atoms with Crippen LogP contribution < -0.4 is 15.2 Å². The number of aryl methyl sites for hydroxylation is 1. The summed E-state index contributed by atoms with van der Waals surface area (Å²) in [5, 5.41) is 0. The van der Waals surface area contributed by atoms with Crippen LogP contribution in [0.3, 0.4) is 0 Å². The molecule has 102 valence electrons. The van der Waals surface area contributed by atoms with E-state index in [1.54, 1.807) is 14.2 Å². The molecular formula is C15H20N2O2. The number of methoxy groups -OCH3 is 2. The summed E-state index contributed by atoms with van der Waals surface area (Å²) >= 11 is 0. The quantitative estimate of drug-likeness (QED) is 0.896. The van der Waals surface area contributed by atoms with Gasteiger partial charge in [0.25, 0.3) is 0 Å². The van der Waals surface area contributed by atoms with Crippen molar-refractivity contribution in [3.8, 4) is 11.5 Å². The van der Waals surface area contributed by atoms with Gasteiger partial charge in [-0.3, -0.25) is 0 Å². The molecule has 4 nitrogen and oxygen atoms in total. The summed E-state index contributed by atoms with van der Waals surface area (Å²) in [4.78, 5) is 0.